The molecular weight excluding hydrogens is 160 g/mol. The fraction of sp³-hybridized carbons (Fsp3) is 0. The first-order valence-electron chi connectivity index (χ1n) is 3.04. The Kier molecular flexibility index (Phi) is 2.07. The van der Waals surface area contributed by atoms with Crippen LogP contribution >= 0.6 is 0 Å². The quantitative estimate of drug-likeness (QED) is 0.535. The highest BCUT2D eigenvalue weighted by molar-refractivity contribution is 5.42. The molecule has 1 aromatic rings. The van der Waals surface area contributed by atoms with Gasteiger partial charge in [-0.2, -0.15) is 5.26 Å². The highest BCUT2D eigenvalue weighted by Crippen LogP contribution is 2.12. The monoisotopic (exact) mass is 163 g/mol. The summed E-state index contributed by atoms with van der Waals surface area (Å²) in [4.78, 5) is 0. The van der Waals surface area contributed by atoms with E-state index >= 15 is 0 Å². The van der Waals surface area contributed by atoms with Crippen molar-refractivity contribution < 1.29 is 8.78 Å². The van der Waals surface area contributed by atoms with Gasteiger partial charge < -0.3 is 0 Å². The fourth-order valence-corrected chi connectivity index (χ4v) is 0.745. The van der Waals surface area contributed by atoms with Gasteiger partial charge in [0.05, 0.1) is 11.1 Å². The predicted octanol–water partition coefficient (Wildman–Crippen LogP) is 1.82. The van der Waals surface area contributed by atoms with E-state index in [0.29, 0.717) is 6.07 Å². The number of rotatable bonds is 0. The van der Waals surface area contributed by atoms with Crippen LogP contribution in [0.3, 0.4) is 0 Å². The number of hydrogen-bond acceptors (Lipinski definition) is 1. The van der Waals surface area contributed by atoms with Gasteiger partial charge in [0.1, 0.15) is 17.7 Å². The number of terminal acetylenes is 1. The minimum atomic E-state index is -0.894. The maximum absolute atomic E-state index is 12.7. The molecule has 0 atom stereocenters. The van der Waals surface area contributed by atoms with Crippen LogP contribution in [0, 0.1) is 35.3 Å². The molecule has 1 rings (SSSR count). The molecule has 12 heavy (non-hydrogen) atoms. The van der Waals surface area contributed by atoms with Crippen LogP contribution in [0.15, 0.2) is 12.1 Å². The molecule has 0 saturated carbocycles. The molecule has 0 heterocycles. The van der Waals surface area contributed by atoms with Crippen molar-refractivity contribution in [2.75, 3.05) is 0 Å². The van der Waals surface area contributed by atoms with Crippen molar-refractivity contribution in [2.24, 2.45) is 0 Å². The van der Waals surface area contributed by atoms with E-state index in [0.717, 1.165) is 6.07 Å². The van der Waals surface area contributed by atoms with Gasteiger partial charge in [-0.15, -0.1) is 6.42 Å². The highest BCUT2D eigenvalue weighted by Gasteiger charge is 2.06. The molecule has 0 aliphatic carbocycles. The van der Waals surface area contributed by atoms with Crippen molar-refractivity contribution in [3.05, 3.63) is 34.9 Å². The summed E-state index contributed by atoms with van der Waals surface area (Å²) in [7, 11) is 0. The predicted molar refractivity (Wildman–Crippen MR) is 39.0 cm³/mol. The van der Waals surface area contributed by atoms with Gasteiger partial charge in [-0.05, 0) is 6.07 Å². The normalized spacial score (nSPS) is 8.67. The molecule has 3 heteroatoms. The lowest BCUT2D eigenvalue weighted by Gasteiger charge is -1.96. The van der Waals surface area contributed by atoms with Crippen molar-refractivity contribution in [3.8, 4) is 18.4 Å². The Morgan fingerprint density at radius 2 is 1.75 bits per heavy atom. The summed E-state index contributed by atoms with van der Waals surface area (Å²) >= 11 is 0. The summed E-state index contributed by atoms with van der Waals surface area (Å²) < 4.78 is 25.3. The second kappa shape index (κ2) is 3.02. The lowest BCUT2D eigenvalue weighted by atomic mass is 10.1. The van der Waals surface area contributed by atoms with Gasteiger partial charge in [-0.3, -0.25) is 0 Å². The maximum atomic E-state index is 12.7. The molecule has 0 spiro atoms. The third-order valence-corrected chi connectivity index (χ3v) is 1.33. The SMILES string of the molecule is C#Cc1cc(C#N)c(F)cc1F. The summed E-state index contributed by atoms with van der Waals surface area (Å²) in [6.07, 6.45) is 4.90. The van der Waals surface area contributed by atoms with Crippen LogP contribution in [0.5, 0.6) is 0 Å². The lowest BCUT2D eigenvalue weighted by Crippen LogP contribution is -1.90. The Labute approximate surface area is 68.2 Å². The van der Waals surface area contributed by atoms with Crippen molar-refractivity contribution in [3.63, 3.8) is 0 Å². The number of benzene rings is 1. The maximum Gasteiger partial charge on any atom is 0.143 e. The van der Waals surface area contributed by atoms with Crippen LogP contribution in [-0.4, -0.2) is 0 Å². The van der Waals surface area contributed by atoms with Gasteiger partial charge in [-0.25, -0.2) is 8.78 Å². The fourth-order valence-electron chi connectivity index (χ4n) is 0.745. The first kappa shape index (κ1) is 8.23. The van der Waals surface area contributed by atoms with E-state index in [1.165, 1.54) is 0 Å². The van der Waals surface area contributed by atoms with Gasteiger partial charge in [-0.1, -0.05) is 5.92 Å². The average Bonchev–Trinajstić information content (AvgIpc) is 2.05. The Bertz CT molecular complexity index is 361. The molecule has 0 aromatic heterocycles. The largest absolute Gasteiger partial charge is 0.206 e. The summed E-state index contributed by atoms with van der Waals surface area (Å²) in [6.45, 7) is 0. The summed E-state index contributed by atoms with van der Waals surface area (Å²) in [5, 5.41) is 8.35. The van der Waals surface area contributed by atoms with Gasteiger partial charge in [0, 0.05) is 6.07 Å². The third-order valence-electron chi connectivity index (χ3n) is 1.33. The average molecular weight is 163 g/mol. The molecule has 1 nitrogen and oxygen atoms in total. The standard InChI is InChI=1S/C9H3F2N/c1-2-6-3-7(5-12)9(11)4-8(6)10/h1,3-4H. The number of nitriles is 1. The minimum absolute atomic E-state index is 0.104. The van der Waals surface area contributed by atoms with Crippen LogP contribution in [0.4, 0.5) is 8.78 Å². The van der Waals surface area contributed by atoms with E-state index in [9.17, 15) is 8.78 Å². The molecule has 0 amide bonds. The Hall–Kier alpha value is -1.87. The molecule has 0 radical (unpaired) electrons. The van der Waals surface area contributed by atoms with E-state index in [4.69, 9.17) is 11.7 Å². The Balaban J connectivity index is 3.42. The second-order valence-electron chi connectivity index (χ2n) is 2.07. The topological polar surface area (TPSA) is 23.8 Å². The smallest absolute Gasteiger partial charge is 0.143 e. The van der Waals surface area contributed by atoms with E-state index in [-0.39, 0.29) is 11.1 Å². The summed E-state index contributed by atoms with van der Waals surface area (Å²) in [5.74, 6) is 0.285. The minimum Gasteiger partial charge on any atom is -0.206 e. The molecule has 0 aliphatic heterocycles. The molecular formula is C9H3F2N. The molecule has 0 unspecified atom stereocenters. The van der Waals surface area contributed by atoms with Crippen molar-refractivity contribution in [1.29, 1.82) is 5.26 Å². The highest BCUT2D eigenvalue weighted by atomic mass is 19.1. The van der Waals surface area contributed by atoms with E-state index in [1.54, 1.807) is 6.07 Å². The molecule has 58 valence electrons. The van der Waals surface area contributed by atoms with Gasteiger partial charge in [0.2, 0.25) is 0 Å². The van der Waals surface area contributed by atoms with Gasteiger partial charge >= 0.3 is 0 Å². The zero-order chi connectivity index (χ0) is 9.14. The van der Waals surface area contributed by atoms with E-state index in [1.807, 2.05) is 5.92 Å². The number of hydrogen-bond donors (Lipinski definition) is 0. The molecule has 1 aromatic carbocycles. The molecule has 0 bridgehead atoms. The Morgan fingerprint density at radius 1 is 1.17 bits per heavy atom. The van der Waals surface area contributed by atoms with Crippen LogP contribution in [-0.2, 0) is 0 Å². The molecule has 0 fully saturated rings. The molecule has 0 aliphatic rings. The first-order valence-corrected chi connectivity index (χ1v) is 3.04. The zero-order valence-corrected chi connectivity index (χ0v) is 5.94. The Morgan fingerprint density at radius 3 is 2.25 bits per heavy atom. The van der Waals surface area contributed by atoms with Crippen LogP contribution in [0.1, 0.15) is 11.1 Å². The van der Waals surface area contributed by atoms with Crippen molar-refractivity contribution in [2.45, 2.75) is 0 Å². The number of nitrogens with zero attached hydrogens (tertiary/aromatic N) is 1. The van der Waals surface area contributed by atoms with Gasteiger partial charge in [0.15, 0.2) is 0 Å². The van der Waals surface area contributed by atoms with Crippen molar-refractivity contribution in [1.82, 2.24) is 0 Å². The summed E-state index contributed by atoms with van der Waals surface area (Å²) in [6, 6.07) is 3.17. The first-order chi connectivity index (χ1) is 5.69. The molecule has 0 N–H and O–H groups in total. The molecule has 0 saturated heterocycles. The summed E-state index contributed by atoms with van der Waals surface area (Å²) in [5.41, 5.74) is -0.350. The second-order valence-corrected chi connectivity index (χ2v) is 2.07. The third kappa shape index (κ3) is 1.26. The zero-order valence-electron chi connectivity index (χ0n) is 5.94. The number of halogens is 2. The van der Waals surface area contributed by atoms with E-state index < -0.39 is 11.6 Å². The van der Waals surface area contributed by atoms with Crippen molar-refractivity contribution >= 4 is 0 Å². The van der Waals surface area contributed by atoms with E-state index in [2.05, 4.69) is 0 Å². The van der Waals surface area contributed by atoms with Crippen LogP contribution in [0.25, 0.3) is 0 Å². The van der Waals surface area contributed by atoms with Crippen LogP contribution < -0.4 is 0 Å². The van der Waals surface area contributed by atoms with Crippen LogP contribution in [0.2, 0.25) is 0 Å². The lowest BCUT2D eigenvalue weighted by molar-refractivity contribution is 0.579. The van der Waals surface area contributed by atoms with Gasteiger partial charge in [0.25, 0.3) is 0 Å².